The maximum Gasteiger partial charge on any atom is 0.142 e. The van der Waals surface area contributed by atoms with Crippen molar-refractivity contribution < 1.29 is 4.74 Å². The molecule has 1 aromatic carbocycles. The van der Waals surface area contributed by atoms with Crippen molar-refractivity contribution in [3.8, 4) is 11.8 Å². The standard InChI is InChI=1S/C25H27N5O/c1-31-22-9-3-2-8-21(22)30-18-16-29(17-19-30)15-12-25(20-26,23-10-4-6-13-27-23)24-11-5-7-14-28-24/h2-11,13-14H,12,15-19H2,1H3. The van der Waals surface area contributed by atoms with Crippen molar-refractivity contribution in [2.24, 2.45) is 0 Å². The topological polar surface area (TPSA) is 65.3 Å². The third kappa shape index (κ3) is 4.37. The fourth-order valence-electron chi connectivity index (χ4n) is 4.22. The molecule has 4 rings (SSSR count). The Morgan fingerprint density at radius 2 is 1.52 bits per heavy atom. The van der Waals surface area contributed by atoms with Crippen LogP contribution >= 0.6 is 0 Å². The molecule has 0 aliphatic carbocycles. The number of ether oxygens (including phenoxy) is 1. The molecule has 31 heavy (non-hydrogen) atoms. The summed E-state index contributed by atoms with van der Waals surface area (Å²) < 4.78 is 5.52. The van der Waals surface area contributed by atoms with E-state index in [0.717, 1.165) is 55.5 Å². The minimum absolute atomic E-state index is 0.645. The number of hydrogen-bond donors (Lipinski definition) is 0. The van der Waals surface area contributed by atoms with Crippen LogP contribution in [-0.2, 0) is 5.41 Å². The molecule has 1 aliphatic heterocycles. The summed E-state index contributed by atoms with van der Waals surface area (Å²) in [5.41, 5.74) is 1.79. The van der Waals surface area contributed by atoms with Crippen molar-refractivity contribution in [2.75, 3.05) is 44.7 Å². The summed E-state index contributed by atoms with van der Waals surface area (Å²) in [5, 5.41) is 10.3. The highest BCUT2D eigenvalue weighted by Crippen LogP contribution is 2.33. The van der Waals surface area contributed by atoms with Crippen LogP contribution in [0.1, 0.15) is 17.8 Å². The third-order valence-electron chi connectivity index (χ3n) is 6.00. The van der Waals surface area contributed by atoms with Gasteiger partial charge in [0.15, 0.2) is 0 Å². The highest BCUT2D eigenvalue weighted by Gasteiger charge is 2.38. The first-order chi connectivity index (χ1) is 15.3. The molecule has 6 heteroatoms. The number of methoxy groups -OCH3 is 1. The zero-order chi connectivity index (χ0) is 21.5. The number of pyridine rings is 2. The SMILES string of the molecule is COc1ccccc1N1CCN(CCC(C#N)(c2ccccn2)c2ccccn2)CC1. The Hall–Kier alpha value is -3.43. The molecule has 6 nitrogen and oxygen atoms in total. The van der Waals surface area contributed by atoms with Gasteiger partial charge < -0.3 is 9.64 Å². The van der Waals surface area contributed by atoms with Crippen LogP contribution in [0, 0.1) is 11.3 Å². The van der Waals surface area contributed by atoms with E-state index in [9.17, 15) is 5.26 Å². The summed E-state index contributed by atoms with van der Waals surface area (Å²) in [6.45, 7) is 4.52. The van der Waals surface area contributed by atoms with Gasteiger partial charge in [-0.1, -0.05) is 24.3 Å². The van der Waals surface area contributed by atoms with Crippen molar-refractivity contribution in [2.45, 2.75) is 11.8 Å². The van der Waals surface area contributed by atoms with Crippen molar-refractivity contribution in [1.29, 1.82) is 5.26 Å². The lowest BCUT2D eigenvalue weighted by Gasteiger charge is -2.37. The lowest BCUT2D eigenvalue weighted by molar-refractivity contribution is 0.242. The molecule has 158 valence electrons. The second-order valence-electron chi connectivity index (χ2n) is 7.70. The van der Waals surface area contributed by atoms with E-state index in [1.807, 2.05) is 54.6 Å². The lowest BCUT2D eigenvalue weighted by Crippen LogP contribution is -2.47. The number of aromatic nitrogens is 2. The molecule has 0 spiro atoms. The van der Waals surface area contributed by atoms with Crippen LogP contribution in [0.2, 0.25) is 0 Å². The molecule has 0 unspecified atom stereocenters. The maximum atomic E-state index is 10.3. The Labute approximate surface area is 183 Å². The predicted octanol–water partition coefficient (Wildman–Crippen LogP) is 3.51. The minimum Gasteiger partial charge on any atom is -0.495 e. The van der Waals surface area contributed by atoms with Crippen LogP contribution in [0.15, 0.2) is 73.1 Å². The maximum absolute atomic E-state index is 10.3. The number of hydrogen-bond acceptors (Lipinski definition) is 6. The minimum atomic E-state index is -0.859. The quantitative estimate of drug-likeness (QED) is 0.591. The Kier molecular flexibility index (Phi) is 6.44. The zero-order valence-corrected chi connectivity index (χ0v) is 17.8. The lowest BCUT2D eigenvalue weighted by atomic mass is 9.78. The monoisotopic (exact) mass is 413 g/mol. The zero-order valence-electron chi connectivity index (χ0n) is 17.8. The van der Waals surface area contributed by atoms with Gasteiger partial charge in [-0.3, -0.25) is 14.9 Å². The van der Waals surface area contributed by atoms with Gasteiger partial charge in [-0.05, 0) is 42.8 Å². The van der Waals surface area contributed by atoms with E-state index in [1.54, 1.807) is 19.5 Å². The second kappa shape index (κ2) is 9.59. The van der Waals surface area contributed by atoms with Crippen LogP contribution in [0.3, 0.4) is 0 Å². The molecule has 1 saturated heterocycles. The normalized spacial score (nSPS) is 14.8. The Bertz CT molecular complexity index is 971. The number of para-hydroxylation sites is 2. The molecule has 0 bridgehead atoms. The molecule has 1 fully saturated rings. The first-order valence-corrected chi connectivity index (χ1v) is 10.6. The molecule has 1 aliphatic rings. The number of piperazine rings is 1. The van der Waals surface area contributed by atoms with Gasteiger partial charge in [-0.15, -0.1) is 0 Å². The van der Waals surface area contributed by atoms with E-state index in [2.05, 4.69) is 31.9 Å². The number of rotatable bonds is 7. The summed E-state index contributed by atoms with van der Waals surface area (Å²) in [7, 11) is 1.71. The van der Waals surface area contributed by atoms with Crippen LogP contribution in [0.25, 0.3) is 0 Å². The van der Waals surface area contributed by atoms with Gasteiger partial charge in [-0.25, -0.2) is 0 Å². The van der Waals surface area contributed by atoms with Gasteiger partial charge in [0.1, 0.15) is 11.2 Å². The molecule has 3 aromatic rings. The number of nitrogens with zero attached hydrogens (tertiary/aromatic N) is 5. The molecule has 0 atom stereocenters. The summed E-state index contributed by atoms with van der Waals surface area (Å²) in [6.07, 6.45) is 4.14. The number of benzene rings is 1. The first-order valence-electron chi connectivity index (χ1n) is 10.6. The molecule has 0 radical (unpaired) electrons. The fraction of sp³-hybridized carbons (Fsp3) is 0.320. The van der Waals surface area contributed by atoms with Crippen molar-refractivity contribution in [3.63, 3.8) is 0 Å². The molecule has 3 heterocycles. The molecule has 0 N–H and O–H groups in total. The largest absolute Gasteiger partial charge is 0.495 e. The predicted molar refractivity (Wildman–Crippen MR) is 121 cm³/mol. The fourth-order valence-corrected chi connectivity index (χ4v) is 4.22. The summed E-state index contributed by atoms with van der Waals surface area (Å²) >= 11 is 0. The van der Waals surface area contributed by atoms with Crippen molar-refractivity contribution >= 4 is 5.69 Å². The number of anilines is 1. The van der Waals surface area contributed by atoms with E-state index in [0.29, 0.717) is 6.42 Å². The summed E-state index contributed by atoms with van der Waals surface area (Å²) in [4.78, 5) is 13.8. The van der Waals surface area contributed by atoms with E-state index >= 15 is 0 Å². The van der Waals surface area contributed by atoms with E-state index in [4.69, 9.17) is 4.74 Å². The van der Waals surface area contributed by atoms with Gasteiger partial charge in [0.2, 0.25) is 0 Å². The number of nitriles is 1. The van der Waals surface area contributed by atoms with E-state index in [1.165, 1.54) is 0 Å². The van der Waals surface area contributed by atoms with Crippen LogP contribution < -0.4 is 9.64 Å². The molecular formula is C25H27N5O. The first kappa shape index (κ1) is 20.8. The van der Waals surface area contributed by atoms with Crippen molar-refractivity contribution in [1.82, 2.24) is 14.9 Å². The van der Waals surface area contributed by atoms with E-state index in [-0.39, 0.29) is 0 Å². The summed E-state index contributed by atoms with van der Waals surface area (Å²) in [6, 6.07) is 22.2. The van der Waals surface area contributed by atoms with E-state index < -0.39 is 5.41 Å². The smallest absolute Gasteiger partial charge is 0.142 e. The van der Waals surface area contributed by atoms with Gasteiger partial charge in [-0.2, -0.15) is 5.26 Å². The van der Waals surface area contributed by atoms with Gasteiger partial charge in [0.05, 0.1) is 30.3 Å². The highest BCUT2D eigenvalue weighted by atomic mass is 16.5. The molecular weight excluding hydrogens is 386 g/mol. The van der Waals surface area contributed by atoms with Gasteiger partial charge in [0.25, 0.3) is 0 Å². The van der Waals surface area contributed by atoms with Crippen molar-refractivity contribution in [3.05, 3.63) is 84.4 Å². The van der Waals surface area contributed by atoms with Crippen LogP contribution in [0.4, 0.5) is 5.69 Å². The Morgan fingerprint density at radius 1 is 0.903 bits per heavy atom. The Morgan fingerprint density at radius 3 is 2.06 bits per heavy atom. The average Bonchev–Trinajstić information content (AvgIpc) is 2.86. The van der Waals surface area contributed by atoms with Gasteiger partial charge >= 0.3 is 0 Å². The molecule has 2 aromatic heterocycles. The Balaban J connectivity index is 1.47. The molecule has 0 saturated carbocycles. The second-order valence-corrected chi connectivity index (χ2v) is 7.70. The van der Waals surface area contributed by atoms with Crippen LogP contribution in [0.5, 0.6) is 5.75 Å². The van der Waals surface area contributed by atoms with Gasteiger partial charge in [0, 0.05) is 45.1 Å². The average molecular weight is 414 g/mol. The highest BCUT2D eigenvalue weighted by molar-refractivity contribution is 5.58. The van der Waals surface area contributed by atoms with Crippen LogP contribution in [-0.4, -0.2) is 54.7 Å². The summed E-state index contributed by atoms with van der Waals surface area (Å²) in [5.74, 6) is 0.907. The molecule has 0 amide bonds. The third-order valence-corrected chi connectivity index (χ3v) is 6.00.